The van der Waals surface area contributed by atoms with Gasteiger partial charge < -0.3 is 4.74 Å². The highest BCUT2D eigenvalue weighted by Gasteiger charge is 2.11. The molecule has 0 amide bonds. The predicted octanol–water partition coefficient (Wildman–Crippen LogP) is 2.28. The van der Waals surface area contributed by atoms with Gasteiger partial charge in [-0.25, -0.2) is 0 Å². The Labute approximate surface area is 74.5 Å². The van der Waals surface area contributed by atoms with Gasteiger partial charge in [0.05, 0.1) is 0 Å². The van der Waals surface area contributed by atoms with Crippen molar-refractivity contribution in [3.05, 3.63) is 0 Å². The summed E-state index contributed by atoms with van der Waals surface area (Å²) >= 11 is 5.68. The quantitative estimate of drug-likeness (QED) is 0.474. The molecule has 0 saturated heterocycles. The van der Waals surface area contributed by atoms with Crippen LogP contribution in [0.1, 0.15) is 27.7 Å². The maximum absolute atomic E-state index is 5.68. The molecule has 2 atom stereocenters. The van der Waals surface area contributed by atoms with E-state index < -0.39 is 0 Å². The molecule has 68 valence electrons. The van der Waals surface area contributed by atoms with Crippen LogP contribution in [0.5, 0.6) is 0 Å². The minimum absolute atomic E-state index is 0.123. The van der Waals surface area contributed by atoms with Gasteiger partial charge in [-0.05, 0) is 26.9 Å². The lowest BCUT2D eigenvalue weighted by Gasteiger charge is -2.27. The van der Waals surface area contributed by atoms with Crippen molar-refractivity contribution in [2.24, 2.45) is 0 Å². The molecule has 0 aromatic carbocycles. The Bertz CT molecular complexity index is 94.1. The van der Waals surface area contributed by atoms with E-state index >= 15 is 0 Å². The van der Waals surface area contributed by atoms with Crippen LogP contribution in [0.2, 0.25) is 0 Å². The fourth-order valence-electron chi connectivity index (χ4n) is 1.10. The zero-order chi connectivity index (χ0) is 8.85. The molecule has 0 saturated carbocycles. The lowest BCUT2D eigenvalue weighted by molar-refractivity contribution is -0.0519. The van der Waals surface area contributed by atoms with E-state index in [1.807, 2.05) is 13.8 Å². The highest BCUT2D eigenvalue weighted by atomic mass is 35.5. The predicted molar refractivity (Wildman–Crippen MR) is 48.8 cm³/mol. The molecule has 0 aliphatic heterocycles. The average molecular weight is 180 g/mol. The Balaban J connectivity index is 3.68. The highest BCUT2D eigenvalue weighted by Crippen LogP contribution is 2.05. The minimum Gasteiger partial charge on any atom is -0.345 e. The summed E-state index contributed by atoms with van der Waals surface area (Å²) in [6, 6.07) is 0. The van der Waals surface area contributed by atoms with Crippen LogP contribution in [0.4, 0.5) is 0 Å². The lowest BCUT2D eigenvalue weighted by Crippen LogP contribution is -2.35. The van der Waals surface area contributed by atoms with Gasteiger partial charge in [0, 0.05) is 0 Å². The molecule has 3 heteroatoms. The summed E-state index contributed by atoms with van der Waals surface area (Å²) in [5, 5.41) is 0. The molecular weight excluding hydrogens is 162 g/mol. The van der Waals surface area contributed by atoms with Crippen molar-refractivity contribution >= 4 is 11.6 Å². The summed E-state index contributed by atoms with van der Waals surface area (Å²) in [6.07, 6.45) is 0.123. The van der Waals surface area contributed by atoms with Crippen LogP contribution >= 0.6 is 11.6 Å². The molecule has 0 rings (SSSR count). The van der Waals surface area contributed by atoms with Crippen molar-refractivity contribution in [3.63, 3.8) is 0 Å². The second kappa shape index (κ2) is 5.81. The standard InChI is InChI=1S/C8H18ClNO/c1-5-10(6-2)8(4)11-7(3)9/h7-8H,5-6H2,1-4H3. The van der Waals surface area contributed by atoms with E-state index in [1.165, 1.54) is 0 Å². The molecule has 11 heavy (non-hydrogen) atoms. The molecule has 0 aromatic rings. The van der Waals surface area contributed by atoms with E-state index in [2.05, 4.69) is 18.7 Å². The fourth-order valence-corrected chi connectivity index (χ4v) is 1.24. The minimum atomic E-state index is -0.203. The maximum Gasteiger partial charge on any atom is 0.130 e. The molecule has 0 N–H and O–H groups in total. The SMILES string of the molecule is CCN(CC)C(C)OC(C)Cl. The molecular formula is C8H18ClNO. The monoisotopic (exact) mass is 179 g/mol. The third kappa shape index (κ3) is 4.62. The highest BCUT2D eigenvalue weighted by molar-refractivity contribution is 6.19. The first-order valence-electron chi connectivity index (χ1n) is 4.15. The second-order valence-electron chi connectivity index (χ2n) is 2.50. The van der Waals surface area contributed by atoms with Crippen molar-refractivity contribution in [1.82, 2.24) is 4.90 Å². The zero-order valence-electron chi connectivity index (χ0n) is 7.80. The van der Waals surface area contributed by atoms with Crippen molar-refractivity contribution in [2.45, 2.75) is 39.5 Å². The molecule has 2 unspecified atom stereocenters. The third-order valence-corrected chi connectivity index (χ3v) is 1.81. The summed E-state index contributed by atoms with van der Waals surface area (Å²) in [4.78, 5) is 2.21. The molecule has 0 radical (unpaired) electrons. The molecule has 0 aliphatic rings. The normalized spacial score (nSPS) is 16.9. The molecule has 0 spiro atoms. The van der Waals surface area contributed by atoms with Crippen molar-refractivity contribution in [2.75, 3.05) is 13.1 Å². The Morgan fingerprint density at radius 2 is 1.73 bits per heavy atom. The van der Waals surface area contributed by atoms with Crippen LogP contribution in [-0.2, 0) is 4.74 Å². The second-order valence-corrected chi connectivity index (χ2v) is 3.11. The average Bonchev–Trinajstić information content (AvgIpc) is 1.88. The number of hydrogen-bond donors (Lipinski definition) is 0. The largest absolute Gasteiger partial charge is 0.345 e. The summed E-state index contributed by atoms with van der Waals surface area (Å²) in [5.74, 6) is 0. The maximum atomic E-state index is 5.68. The number of hydrogen-bond acceptors (Lipinski definition) is 2. The van der Waals surface area contributed by atoms with E-state index in [4.69, 9.17) is 16.3 Å². The summed E-state index contributed by atoms with van der Waals surface area (Å²) in [7, 11) is 0. The topological polar surface area (TPSA) is 12.5 Å². The van der Waals surface area contributed by atoms with E-state index in [0.717, 1.165) is 13.1 Å². The molecule has 0 heterocycles. The summed E-state index contributed by atoms with van der Waals surface area (Å²) in [5.41, 5.74) is -0.203. The molecule has 0 bridgehead atoms. The van der Waals surface area contributed by atoms with Gasteiger partial charge in [-0.15, -0.1) is 0 Å². The van der Waals surface area contributed by atoms with Crippen LogP contribution in [0.15, 0.2) is 0 Å². The smallest absolute Gasteiger partial charge is 0.130 e. The van der Waals surface area contributed by atoms with Gasteiger partial charge >= 0.3 is 0 Å². The summed E-state index contributed by atoms with van der Waals surface area (Å²) < 4.78 is 5.39. The Morgan fingerprint density at radius 1 is 1.27 bits per heavy atom. The van der Waals surface area contributed by atoms with Crippen molar-refractivity contribution in [1.29, 1.82) is 0 Å². The zero-order valence-corrected chi connectivity index (χ0v) is 8.56. The molecule has 2 nitrogen and oxygen atoms in total. The first kappa shape index (κ1) is 11.2. The molecule has 0 fully saturated rings. The van der Waals surface area contributed by atoms with Crippen molar-refractivity contribution < 1.29 is 4.74 Å². The molecule has 0 aromatic heterocycles. The van der Waals surface area contributed by atoms with E-state index in [-0.39, 0.29) is 11.8 Å². The fraction of sp³-hybridized carbons (Fsp3) is 1.00. The van der Waals surface area contributed by atoms with Gasteiger partial charge in [-0.3, -0.25) is 4.90 Å². The van der Waals surface area contributed by atoms with E-state index in [9.17, 15) is 0 Å². The number of halogens is 1. The van der Waals surface area contributed by atoms with Gasteiger partial charge in [0.25, 0.3) is 0 Å². The first-order valence-corrected chi connectivity index (χ1v) is 4.59. The van der Waals surface area contributed by atoms with Crippen LogP contribution < -0.4 is 0 Å². The Kier molecular flexibility index (Phi) is 5.92. The Morgan fingerprint density at radius 3 is 2.00 bits per heavy atom. The van der Waals surface area contributed by atoms with Crippen molar-refractivity contribution in [3.8, 4) is 0 Å². The lowest BCUT2D eigenvalue weighted by atomic mass is 10.4. The van der Waals surface area contributed by atoms with Gasteiger partial charge in [0.2, 0.25) is 0 Å². The van der Waals surface area contributed by atoms with Crippen LogP contribution in [0.25, 0.3) is 0 Å². The molecule has 0 aliphatic carbocycles. The third-order valence-electron chi connectivity index (χ3n) is 1.71. The van der Waals surface area contributed by atoms with E-state index in [0.29, 0.717) is 0 Å². The van der Waals surface area contributed by atoms with Gasteiger partial charge in [0.1, 0.15) is 11.8 Å². The van der Waals surface area contributed by atoms with Crippen LogP contribution in [-0.4, -0.2) is 29.8 Å². The van der Waals surface area contributed by atoms with Crippen LogP contribution in [0.3, 0.4) is 0 Å². The Hall–Kier alpha value is 0.210. The number of ether oxygens (including phenoxy) is 1. The van der Waals surface area contributed by atoms with Crippen LogP contribution in [0, 0.1) is 0 Å². The van der Waals surface area contributed by atoms with Gasteiger partial charge in [-0.2, -0.15) is 0 Å². The number of alkyl halides is 1. The summed E-state index contributed by atoms with van der Waals surface area (Å²) in [6.45, 7) is 10.1. The number of nitrogens with zero attached hydrogens (tertiary/aromatic N) is 1. The van der Waals surface area contributed by atoms with E-state index in [1.54, 1.807) is 0 Å². The number of rotatable bonds is 5. The van der Waals surface area contributed by atoms with Gasteiger partial charge in [-0.1, -0.05) is 25.4 Å². The first-order chi connectivity index (χ1) is 5.11. The van der Waals surface area contributed by atoms with Gasteiger partial charge in [0.15, 0.2) is 0 Å².